The third-order valence-electron chi connectivity index (χ3n) is 3.86. The molecule has 1 saturated heterocycles. The molecular formula is C14H23NO2. The van der Waals surface area contributed by atoms with Gasteiger partial charge in [0.15, 0.2) is 0 Å². The van der Waals surface area contributed by atoms with Crippen LogP contribution in [0.2, 0.25) is 0 Å². The molecule has 2 rings (SSSR count). The summed E-state index contributed by atoms with van der Waals surface area (Å²) in [6, 6.07) is 0.572. The molecule has 2 unspecified atom stereocenters. The third kappa shape index (κ3) is 2.71. The van der Waals surface area contributed by atoms with Crippen LogP contribution in [0.5, 0.6) is 0 Å². The Bertz CT molecular complexity index is 341. The number of fused-ring (bicyclic) bond motifs is 1. The largest absolute Gasteiger partial charge is 0.431 e. The number of carbonyl (C=O) groups excluding carboxylic acids is 1. The van der Waals surface area contributed by atoms with E-state index in [9.17, 15) is 4.79 Å². The van der Waals surface area contributed by atoms with Crippen molar-refractivity contribution in [2.75, 3.05) is 13.6 Å². The lowest BCUT2D eigenvalue weighted by atomic mass is 9.88. The van der Waals surface area contributed by atoms with Gasteiger partial charge < -0.3 is 9.64 Å². The van der Waals surface area contributed by atoms with E-state index in [1.807, 2.05) is 20.8 Å². The molecular weight excluding hydrogens is 214 g/mol. The van der Waals surface area contributed by atoms with Gasteiger partial charge in [-0.1, -0.05) is 0 Å². The van der Waals surface area contributed by atoms with Crippen molar-refractivity contribution < 1.29 is 9.53 Å². The molecule has 96 valence electrons. The fourth-order valence-corrected chi connectivity index (χ4v) is 2.61. The Kier molecular flexibility index (Phi) is 3.30. The van der Waals surface area contributed by atoms with Crippen molar-refractivity contribution in [1.82, 2.24) is 4.90 Å². The summed E-state index contributed by atoms with van der Waals surface area (Å²) in [7, 11) is 2.17. The van der Waals surface area contributed by atoms with E-state index in [-0.39, 0.29) is 5.97 Å². The lowest BCUT2D eigenvalue weighted by Gasteiger charge is -2.30. The van der Waals surface area contributed by atoms with Crippen LogP contribution in [0.15, 0.2) is 11.8 Å². The first-order chi connectivity index (χ1) is 7.88. The average Bonchev–Trinajstić information content (AvgIpc) is 2.59. The highest BCUT2D eigenvalue weighted by Gasteiger charge is 2.36. The number of likely N-dealkylation sites (tertiary alicyclic amines) is 1. The summed E-state index contributed by atoms with van der Waals surface area (Å²) in [6.45, 7) is 6.85. The maximum Gasteiger partial charge on any atom is 0.316 e. The molecule has 17 heavy (non-hydrogen) atoms. The number of hydrogen-bond donors (Lipinski definition) is 0. The molecule has 0 saturated carbocycles. The van der Waals surface area contributed by atoms with E-state index in [1.165, 1.54) is 13.0 Å². The standard InChI is InChI=1S/C14H23NO2/c1-14(2,3)13(16)17-11-6-5-10-7-8-15(4)12(10)9-11/h6,10,12H,5,7-9H2,1-4H3. The van der Waals surface area contributed by atoms with E-state index < -0.39 is 5.41 Å². The van der Waals surface area contributed by atoms with Crippen LogP contribution in [0.25, 0.3) is 0 Å². The van der Waals surface area contributed by atoms with Gasteiger partial charge in [-0.2, -0.15) is 0 Å². The highest BCUT2D eigenvalue weighted by atomic mass is 16.5. The van der Waals surface area contributed by atoms with E-state index in [2.05, 4.69) is 18.0 Å². The quantitative estimate of drug-likeness (QED) is 0.656. The molecule has 3 heteroatoms. The van der Waals surface area contributed by atoms with Crippen LogP contribution in [0.4, 0.5) is 0 Å². The maximum atomic E-state index is 11.8. The summed E-state index contributed by atoms with van der Waals surface area (Å²) < 4.78 is 5.51. The second-order valence-electron chi connectivity index (χ2n) is 6.35. The summed E-state index contributed by atoms with van der Waals surface area (Å²) >= 11 is 0. The Balaban J connectivity index is 1.98. The van der Waals surface area contributed by atoms with Crippen LogP contribution in [-0.2, 0) is 9.53 Å². The fraction of sp³-hybridized carbons (Fsp3) is 0.786. The fourth-order valence-electron chi connectivity index (χ4n) is 2.61. The molecule has 3 nitrogen and oxygen atoms in total. The maximum absolute atomic E-state index is 11.8. The van der Waals surface area contributed by atoms with Gasteiger partial charge in [-0.15, -0.1) is 0 Å². The zero-order valence-electron chi connectivity index (χ0n) is 11.3. The van der Waals surface area contributed by atoms with Gasteiger partial charge in [0.2, 0.25) is 0 Å². The topological polar surface area (TPSA) is 29.5 Å². The number of allylic oxidation sites excluding steroid dienone is 1. The molecule has 2 atom stereocenters. The highest BCUT2D eigenvalue weighted by molar-refractivity contribution is 5.76. The summed E-state index contributed by atoms with van der Waals surface area (Å²) in [5.41, 5.74) is -0.417. The molecule has 0 aromatic carbocycles. The van der Waals surface area contributed by atoms with Gasteiger partial charge in [0, 0.05) is 12.5 Å². The van der Waals surface area contributed by atoms with E-state index in [0.717, 1.165) is 24.5 Å². The van der Waals surface area contributed by atoms with Crippen LogP contribution >= 0.6 is 0 Å². The first-order valence-electron chi connectivity index (χ1n) is 6.49. The van der Waals surface area contributed by atoms with Crippen LogP contribution in [0.1, 0.15) is 40.0 Å². The Hall–Kier alpha value is -0.830. The molecule has 0 amide bonds. The monoisotopic (exact) mass is 237 g/mol. The summed E-state index contributed by atoms with van der Waals surface area (Å²) in [5, 5.41) is 0. The molecule has 2 aliphatic rings. The van der Waals surface area contributed by atoms with Crippen LogP contribution in [0.3, 0.4) is 0 Å². The van der Waals surface area contributed by atoms with Gasteiger partial charge in [0.25, 0.3) is 0 Å². The van der Waals surface area contributed by atoms with Gasteiger partial charge in [-0.05, 0) is 59.2 Å². The van der Waals surface area contributed by atoms with E-state index in [0.29, 0.717) is 6.04 Å². The lowest BCUT2D eigenvalue weighted by molar-refractivity contribution is -0.149. The zero-order valence-corrected chi connectivity index (χ0v) is 11.3. The number of hydrogen-bond acceptors (Lipinski definition) is 3. The van der Waals surface area contributed by atoms with Crippen molar-refractivity contribution in [1.29, 1.82) is 0 Å². The zero-order chi connectivity index (χ0) is 12.6. The second kappa shape index (κ2) is 4.45. The third-order valence-corrected chi connectivity index (χ3v) is 3.86. The smallest absolute Gasteiger partial charge is 0.316 e. The van der Waals surface area contributed by atoms with Gasteiger partial charge in [0.1, 0.15) is 5.76 Å². The minimum absolute atomic E-state index is 0.122. The van der Waals surface area contributed by atoms with Gasteiger partial charge in [-0.25, -0.2) is 0 Å². The molecule has 0 bridgehead atoms. The Labute approximate surface area is 104 Å². The molecule has 0 radical (unpaired) electrons. The van der Waals surface area contributed by atoms with Crippen molar-refractivity contribution in [2.24, 2.45) is 11.3 Å². The van der Waals surface area contributed by atoms with Crippen molar-refractivity contribution in [3.8, 4) is 0 Å². The van der Waals surface area contributed by atoms with Gasteiger partial charge in [-0.3, -0.25) is 4.79 Å². The lowest BCUT2D eigenvalue weighted by Crippen LogP contribution is -2.33. The molecule has 0 N–H and O–H groups in total. The first-order valence-corrected chi connectivity index (χ1v) is 6.49. The molecule has 1 heterocycles. The average molecular weight is 237 g/mol. The van der Waals surface area contributed by atoms with Gasteiger partial charge >= 0.3 is 5.97 Å². The van der Waals surface area contributed by atoms with Gasteiger partial charge in [0.05, 0.1) is 5.41 Å². The predicted octanol–water partition coefficient (Wildman–Crippen LogP) is 2.57. The SMILES string of the molecule is CN1CCC2CC=C(OC(=O)C(C)(C)C)CC21. The highest BCUT2D eigenvalue weighted by Crippen LogP contribution is 2.35. The van der Waals surface area contributed by atoms with Crippen molar-refractivity contribution in [2.45, 2.75) is 46.1 Å². The molecule has 0 aromatic rings. The molecule has 1 aliphatic carbocycles. The number of carbonyl (C=O) groups is 1. The minimum Gasteiger partial charge on any atom is -0.431 e. The summed E-state index contributed by atoms with van der Waals surface area (Å²) in [5.74, 6) is 1.51. The van der Waals surface area contributed by atoms with E-state index >= 15 is 0 Å². The van der Waals surface area contributed by atoms with Crippen molar-refractivity contribution in [3.05, 3.63) is 11.8 Å². The first kappa shape index (κ1) is 12.6. The molecule has 0 spiro atoms. The summed E-state index contributed by atoms with van der Waals surface area (Å²) in [4.78, 5) is 14.2. The Morgan fingerprint density at radius 1 is 1.47 bits per heavy atom. The predicted molar refractivity (Wildman–Crippen MR) is 67.4 cm³/mol. The van der Waals surface area contributed by atoms with Crippen LogP contribution in [-0.4, -0.2) is 30.5 Å². The van der Waals surface area contributed by atoms with E-state index in [4.69, 9.17) is 4.74 Å². The number of ether oxygens (including phenoxy) is 1. The van der Waals surface area contributed by atoms with Crippen molar-refractivity contribution in [3.63, 3.8) is 0 Å². The minimum atomic E-state index is -0.417. The molecule has 0 aromatic heterocycles. The number of nitrogens with zero attached hydrogens (tertiary/aromatic N) is 1. The summed E-state index contributed by atoms with van der Waals surface area (Å²) in [6.07, 6.45) is 5.34. The number of esters is 1. The van der Waals surface area contributed by atoms with Crippen LogP contribution < -0.4 is 0 Å². The molecule has 1 aliphatic heterocycles. The molecule has 1 fully saturated rings. The normalized spacial score (nSPS) is 29.8. The number of rotatable bonds is 1. The second-order valence-corrected chi connectivity index (χ2v) is 6.35. The Morgan fingerprint density at radius 2 is 2.18 bits per heavy atom. The Morgan fingerprint density at radius 3 is 2.82 bits per heavy atom. The van der Waals surface area contributed by atoms with Crippen molar-refractivity contribution >= 4 is 5.97 Å². The van der Waals surface area contributed by atoms with E-state index in [1.54, 1.807) is 0 Å². The van der Waals surface area contributed by atoms with Crippen LogP contribution in [0, 0.1) is 11.3 Å².